The van der Waals surface area contributed by atoms with Crippen LogP contribution in [0.2, 0.25) is 0 Å². The number of carbonyl (C=O) groups excluding carboxylic acids is 3. The molecule has 2 amide bonds. The Kier molecular flexibility index (Phi) is 4.66. The highest BCUT2D eigenvalue weighted by Gasteiger charge is 2.58. The molecule has 2 aromatic rings. The molecule has 2 heterocycles. The number of hydrogen-bond donors (Lipinski definition) is 0. The molecule has 7 heteroatoms. The normalized spacial score (nSPS) is 20.7. The zero-order valence-corrected chi connectivity index (χ0v) is 16.5. The fourth-order valence-corrected chi connectivity index (χ4v) is 3.80. The average molecular weight is 391 g/mol. The molecule has 4 rings (SSSR count). The van der Waals surface area contributed by atoms with Gasteiger partial charge in [0.2, 0.25) is 5.91 Å². The highest BCUT2D eigenvalue weighted by atomic mass is 16.5. The molecule has 1 fully saturated rings. The van der Waals surface area contributed by atoms with Gasteiger partial charge in [0.05, 0.1) is 18.0 Å². The first-order chi connectivity index (χ1) is 13.9. The summed E-state index contributed by atoms with van der Waals surface area (Å²) in [6.07, 6.45) is 0. The molecule has 7 nitrogen and oxygen atoms in total. The van der Waals surface area contributed by atoms with Gasteiger partial charge in [-0.2, -0.15) is 5.10 Å². The first-order valence-corrected chi connectivity index (χ1v) is 9.48. The Labute approximate surface area is 168 Å². The van der Waals surface area contributed by atoms with Crippen LogP contribution in [0.3, 0.4) is 0 Å². The largest absolute Gasteiger partial charge is 0.494 e. The van der Waals surface area contributed by atoms with Crippen molar-refractivity contribution in [2.75, 3.05) is 16.5 Å². The number of anilines is 2. The van der Waals surface area contributed by atoms with Gasteiger partial charge in [-0.15, -0.1) is 0 Å². The van der Waals surface area contributed by atoms with Crippen LogP contribution in [0, 0.1) is 12.8 Å². The SMILES string of the molecule is CCOc1ccc(N2C(=O)C3C(C(C)=O)=NN(c4cccc(C)c4)C3C2=O)cc1. The van der Waals surface area contributed by atoms with E-state index >= 15 is 0 Å². The van der Waals surface area contributed by atoms with Crippen molar-refractivity contribution < 1.29 is 19.1 Å². The van der Waals surface area contributed by atoms with Gasteiger partial charge in [0.15, 0.2) is 5.78 Å². The standard InChI is InChI=1S/C22H21N3O4/c1-4-29-17-10-8-15(9-11-17)24-21(27)18-19(14(3)26)23-25(20(18)22(24)28)16-7-5-6-13(2)12-16/h5-12,18,20H,4H2,1-3H3. The quantitative estimate of drug-likeness (QED) is 0.733. The number of carbonyl (C=O) groups is 3. The summed E-state index contributed by atoms with van der Waals surface area (Å²) in [5, 5.41) is 5.87. The Morgan fingerprint density at radius 1 is 1.07 bits per heavy atom. The number of ketones is 1. The van der Waals surface area contributed by atoms with E-state index in [1.54, 1.807) is 24.3 Å². The summed E-state index contributed by atoms with van der Waals surface area (Å²) in [4.78, 5) is 39.8. The third-order valence-corrected chi connectivity index (χ3v) is 5.08. The molecule has 148 valence electrons. The van der Waals surface area contributed by atoms with Gasteiger partial charge >= 0.3 is 0 Å². The predicted octanol–water partition coefficient (Wildman–Crippen LogP) is 2.72. The number of nitrogens with zero attached hydrogens (tertiary/aromatic N) is 3. The van der Waals surface area contributed by atoms with Crippen molar-refractivity contribution in [3.8, 4) is 5.75 Å². The number of hydrazone groups is 1. The minimum Gasteiger partial charge on any atom is -0.494 e. The van der Waals surface area contributed by atoms with Crippen LogP contribution < -0.4 is 14.6 Å². The summed E-state index contributed by atoms with van der Waals surface area (Å²) in [6.45, 7) is 5.70. The lowest BCUT2D eigenvalue weighted by atomic mass is 9.95. The first kappa shape index (κ1) is 18.9. The number of Topliss-reactive ketones (excluding diaryl/α,β-unsaturated/α-hetero) is 1. The molecule has 29 heavy (non-hydrogen) atoms. The minimum absolute atomic E-state index is 0.114. The fraction of sp³-hybridized carbons (Fsp3) is 0.273. The molecule has 0 bridgehead atoms. The maximum atomic E-state index is 13.3. The second-order valence-electron chi connectivity index (χ2n) is 7.09. The van der Waals surface area contributed by atoms with E-state index < -0.39 is 23.8 Å². The second-order valence-corrected chi connectivity index (χ2v) is 7.09. The topological polar surface area (TPSA) is 79.3 Å². The van der Waals surface area contributed by atoms with Gasteiger partial charge in [0.1, 0.15) is 23.4 Å². The molecule has 0 radical (unpaired) electrons. The lowest BCUT2D eigenvalue weighted by Crippen LogP contribution is -2.39. The molecule has 2 unspecified atom stereocenters. The lowest BCUT2D eigenvalue weighted by molar-refractivity contribution is -0.122. The van der Waals surface area contributed by atoms with E-state index in [1.807, 2.05) is 38.1 Å². The summed E-state index contributed by atoms with van der Waals surface area (Å²) in [5.74, 6) is -1.40. The number of hydrogen-bond acceptors (Lipinski definition) is 6. The molecule has 0 saturated carbocycles. The van der Waals surface area contributed by atoms with Crippen LogP contribution in [-0.4, -0.2) is 36.0 Å². The third kappa shape index (κ3) is 3.08. The number of ether oxygens (including phenoxy) is 1. The molecule has 2 aromatic carbocycles. The highest BCUT2D eigenvalue weighted by molar-refractivity contribution is 6.48. The molecule has 2 aliphatic heterocycles. The van der Waals surface area contributed by atoms with E-state index in [-0.39, 0.29) is 11.5 Å². The van der Waals surface area contributed by atoms with Crippen LogP contribution in [0.5, 0.6) is 5.75 Å². The van der Waals surface area contributed by atoms with Gasteiger partial charge < -0.3 is 4.74 Å². The Morgan fingerprint density at radius 3 is 2.41 bits per heavy atom. The van der Waals surface area contributed by atoms with Crippen LogP contribution in [0.15, 0.2) is 53.6 Å². The minimum atomic E-state index is -0.910. The number of imide groups is 1. The van der Waals surface area contributed by atoms with E-state index in [9.17, 15) is 14.4 Å². The number of rotatable bonds is 5. The zero-order valence-electron chi connectivity index (χ0n) is 16.5. The van der Waals surface area contributed by atoms with Crippen molar-refractivity contribution in [1.82, 2.24) is 0 Å². The fourth-order valence-electron chi connectivity index (χ4n) is 3.80. The van der Waals surface area contributed by atoms with E-state index in [2.05, 4.69) is 5.10 Å². The monoisotopic (exact) mass is 391 g/mol. The molecule has 1 saturated heterocycles. The van der Waals surface area contributed by atoms with Crippen molar-refractivity contribution in [3.63, 3.8) is 0 Å². The second kappa shape index (κ2) is 7.16. The van der Waals surface area contributed by atoms with E-state index in [0.717, 1.165) is 10.5 Å². The zero-order chi connectivity index (χ0) is 20.7. The molecule has 0 aromatic heterocycles. The van der Waals surface area contributed by atoms with E-state index in [4.69, 9.17) is 4.74 Å². The number of aryl methyl sites for hydroxylation is 1. The van der Waals surface area contributed by atoms with Gasteiger partial charge in [-0.05, 0) is 55.8 Å². The van der Waals surface area contributed by atoms with Gasteiger partial charge in [-0.1, -0.05) is 12.1 Å². The molecule has 0 aliphatic carbocycles. The molecular formula is C22H21N3O4. The molecule has 0 N–H and O–H groups in total. The maximum absolute atomic E-state index is 13.3. The van der Waals surface area contributed by atoms with Crippen molar-refractivity contribution in [2.45, 2.75) is 26.8 Å². The summed E-state index contributed by atoms with van der Waals surface area (Å²) in [5.41, 5.74) is 2.23. The Bertz CT molecular complexity index is 1030. The lowest BCUT2D eigenvalue weighted by Gasteiger charge is -2.22. The van der Waals surface area contributed by atoms with Crippen LogP contribution in [0.1, 0.15) is 19.4 Å². The first-order valence-electron chi connectivity index (χ1n) is 9.48. The van der Waals surface area contributed by atoms with Gasteiger partial charge in [0.25, 0.3) is 5.91 Å². The molecule has 2 aliphatic rings. The Morgan fingerprint density at radius 2 is 1.79 bits per heavy atom. The summed E-state index contributed by atoms with van der Waals surface area (Å²) < 4.78 is 5.43. The molecular weight excluding hydrogens is 370 g/mol. The summed E-state index contributed by atoms with van der Waals surface area (Å²) >= 11 is 0. The smallest absolute Gasteiger partial charge is 0.259 e. The van der Waals surface area contributed by atoms with Crippen molar-refractivity contribution >= 4 is 34.7 Å². The Balaban J connectivity index is 1.74. The van der Waals surface area contributed by atoms with Crippen LogP contribution in [-0.2, 0) is 14.4 Å². The number of benzene rings is 2. The Hall–Kier alpha value is -3.48. The van der Waals surface area contributed by atoms with Gasteiger partial charge in [-0.25, -0.2) is 4.90 Å². The number of amides is 2. The van der Waals surface area contributed by atoms with Crippen molar-refractivity contribution in [3.05, 3.63) is 54.1 Å². The van der Waals surface area contributed by atoms with Crippen molar-refractivity contribution in [2.24, 2.45) is 11.0 Å². The molecule has 0 spiro atoms. The highest BCUT2D eigenvalue weighted by Crippen LogP contribution is 2.38. The van der Waals surface area contributed by atoms with Crippen LogP contribution >= 0.6 is 0 Å². The van der Waals surface area contributed by atoms with Gasteiger partial charge in [0, 0.05) is 6.92 Å². The van der Waals surface area contributed by atoms with E-state index in [1.165, 1.54) is 11.9 Å². The van der Waals surface area contributed by atoms with Gasteiger partial charge in [-0.3, -0.25) is 19.4 Å². The molecule has 2 atom stereocenters. The third-order valence-electron chi connectivity index (χ3n) is 5.08. The summed E-state index contributed by atoms with van der Waals surface area (Å²) in [6, 6.07) is 13.4. The predicted molar refractivity (Wildman–Crippen MR) is 109 cm³/mol. The average Bonchev–Trinajstić information content (AvgIpc) is 3.21. The summed E-state index contributed by atoms with van der Waals surface area (Å²) in [7, 11) is 0. The number of fused-ring (bicyclic) bond motifs is 1. The maximum Gasteiger partial charge on any atom is 0.259 e. The van der Waals surface area contributed by atoms with Crippen LogP contribution in [0.25, 0.3) is 0 Å². The van der Waals surface area contributed by atoms with E-state index in [0.29, 0.717) is 23.7 Å². The van der Waals surface area contributed by atoms with Crippen LogP contribution in [0.4, 0.5) is 11.4 Å². The van der Waals surface area contributed by atoms with Crippen molar-refractivity contribution in [1.29, 1.82) is 0 Å².